The molecule has 0 N–H and O–H groups in total. The Morgan fingerprint density at radius 3 is 1.43 bits per heavy atom. The maximum absolute atomic E-state index is 9.43. The van der Waals surface area contributed by atoms with Gasteiger partial charge in [0.05, 0.1) is 0 Å². The molecule has 0 rings (SSSR count). The Morgan fingerprint density at radius 2 is 1.43 bits per heavy atom. The van der Waals surface area contributed by atoms with E-state index in [0.29, 0.717) is 0 Å². The summed E-state index contributed by atoms with van der Waals surface area (Å²) in [6.45, 7) is 0. The SMILES string of the molecule is O=CC(Cl)(Cl)Cl.[KH]. The summed E-state index contributed by atoms with van der Waals surface area (Å²) in [5, 5.41) is 0. The normalized spacial score (nSPS) is 9.57. The first-order chi connectivity index (χ1) is 2.56. The first-order valence-corrected chi connectivity index (χ1v) is 2.23. The molecule has 0 bridgehead atoms. The molecule has 0 spiro atoms. The van der Waals surface area contributed by atoms with Gasteiger partial charge in [-0.3, -0.25) is 4.79 Å². The molecule has 0 radical (unpaired) electrons. The zero-order valence-corrected chi connectivity index (χ0v) is 4.89. The Labute approximate surface area is 99.1 Å². The number of aldehydes is 1. The van der Waals surface area contributed by atoms with Gasteiger partial charge in [-0.1, -0.05) is 34.8 Å². The van der Waals surface area contributed by atoms with Gasteiger partial charge in [-0.15, -0.1) is 0 Å². The van der Waals surface area contributed by atoms with Crippen molar-refractivity contribution in [3.8, 4) is 0 Å². The van der Waals surface area contributed by atoms with E-state index in [9.17, 15) is 4.79 Å². The van der Waals surface area contributed by atoms with Crippen LogP contribution in [0.3, 0.4) is 0 Å². The van der Waals surface area contributed by atoms with Gasteiger partial charge in [-0.25, -0.2) is 0 Å². The summed E-state index contributed by atoms with van der Waals surface area (Å²) < 4.78 is -1.72. The molecule has 0 aromatic heterocycles. The number of rotatable bonds is 0. The van der Waals surface area contributed by atoms with Crippen LogP contribution in [0.4, 0.5) is 0 Å². The van der Waals surface area contributed by atoms with E-state index in [1.54, 1.807) is 0 Å². The molecular formula is C2H2Cl3KO. The van der Waals surface area contributed by atoms with Gasteiger partial charge in [0.15, 0.2) is 6.29 Å². The molecule has 7 heavy (non-hydrogen) atoms. The Balaban J connectivity index is 0. The van der Waals surface area contributed by atoms with E-state index in [0.717, 1.165) is 0 Å². The number of carbonyl (C=O) groups excluding carboxylic acids is 1. The van der Waals surface area contributed by atoms with Crippen LogP contribution in [0.2, 0.25) is 0 Å². The quantitative estimate of drug-likeness (QED) is 0.313. The predicted molar refractivity (Wildman–Crippen MR) is 33.5 cm³/mol. The van der Waals surface area contributed by atoms with Crippen molar-refractivity contribution in [2.75, 3.05) is 0 Å². The third-order valence-electron chi connectivity index (χ3n) is 0.134. The van der Waals surface area contributed by atoms with Crippen molar-refractivity contribution in [3.05, 3.63) is 0 Å². The van der Waals surface area contributed by atoms with Crippen molar-refractivity contribution in [3.63, 3.8) is 0 Å². The van der Waals surface area contributed by atoms with Crippen LogP contribution in [-0.4, -0.2) is 61.5 Å². The Kier molecular flexibility index (Phi) is 8.51. The molecule has 0 aromatic rings. The summed E-state index contributed by atoms with van der Waals surface area (Å²) in [6.07, 6.45) is 0.234. The molecule has 0 amide bonds. The zero-order chi connectivity index (χ0) is 5.21. The van der Waals surface area contributed by atoms with Gasteiger partial charge >= 0.3 is 51.4 Å². The van der Waals surface area contributed by atoms with Crippen LogP contribution in [0.25, 0.3) is 0 Å². The molecule has 0 saturated carbocycles. The van der Waals surface area contributed by atoms with Crippen LogP contribution in [0, 0.1) is 0 Å². The van der Waals surface area contributed by atoms with E-state index >= 15 is 0 Å². The van der Waals surface area contributed by atoms with Crippen molar-refractivity contribution in [2.24, 2.45) is 0 Å². The van der Waals surface area contributed by atoms with E-state index in [4.69, 9.17) is 34.8 Å². The van der Waals surface area contributed by atoms with E-state index in [1.165, 1.54) is 0 Å². The van der Waals surface area contributed by atoms with Crippen molar-refractivity contribution in [2.45, 2.75) is 3.79 Å². The van der Waals surface area contributed by atoms with Gasteiger partial charge in [-0.05, 0) is 0 Å². The summed E-state index contributed by atoms with van der Waals surface area (Å²) in [5.41, 5.74) is 0. The average Bonchev–Trinajstić information content (AvgIpc) is 1.35. The fraction of sp³-hybridized carbons (Fsp3) is 0.500. The van der Waals surface area contributed by atoms with Crippen LogP contribution in [-0.2, 0) is 4.79 Å². The minimum atomic E-state index is -1.72. The number of hydrogen-bond acceptors (Lipinski definition) is 1. The molecular weight excluding hydrogens is 185 g/mol. The zero-order valence-electron chi connectivity index (χ0n) is 2.62. The van der Waals surface area contributed by atoms with Gasteiger partial charge in [-0.2, -0.15) is 0 Å². The van der Waals surface area contributed by atoms with Crippen molar-refractivity contribution in [1.29, 1.82) is 0 Å². The summed E-state index contributed by atoms with van der Waals surface area (Å²) in [4.78, 5) is 9.43. The Morgan fingerprint density at radius 1 is 1.29 bits per heavy atom. The molecule has 38 valence electrons. The molecule has 5 heteroatoms. The third kappa shape index (κ3) is 11.6. The molecule has 1 nitrogen and oxygen atoms in total. The number of halogens is 3. The summed E-state index contributed by atoms with van der Waals surface area (Å²) in [5.74, 6) is 0. The van der Waals surface area contributed by atoms with Gasteiger partial charge in [0.25, 0.3) is 0 Å². The summed E-state index contributed by atoms with van der Waals surface area (Å²) in [7, 11) is 0. The van der Waals surface area contributed by atoms with Gasteiger partial charge in [0, 0.05) is 0 Å². The third-order valence-corrected chi connectivity index (χ3v) is 0.401. The first kappa shape index (κ1) is 11.9. The van der Waals surface area contributed by atoms with Gasteiger partial charge in [0.1, 0.15) is 0 Å². The second-order valence-electron chi connectivity index (χ2n) is 0.659. The van der Waals surface area contributed by atoms with Gasteiger partial charge < -0.3 is 0 Å². The van der Waals surface area contributed by atoms with E-state index < -0.39 is 3.79 Å². The summed E-state index contributed by atoms with van der Waals surface area (Å²) >= 11 is 14.6. The minimum absolute atomic E-state index is 0. The van der Waals surface area contributed by atoms with Crippen molar-refractivity contribution >= 4 is 92.5 Å². The van der Waals surface area contributed by atoms with Crippen LogP contribution in [0.15, 0.2) is 0 Å². The second-order valence-corrected chi connectivity index (χ2v) is 3.03. The second kappa shape index (κ2) is 5.00. The fourth-order valence-electron chi connectivity index (χ4n) is 0. The average molecular weight is 187 g/mol. The summed E-state index contributed by atoms with van der Waals surface area (Å²) in [6, 6.07) is 0. The van der Waals surface area contributed by atoms with E-state index in [1.807, 2.05) is 0 Å². The molecule has 0 atom stereocenters. The molecule has 0 saturated heterocycles. The fourth-order valence-corrected chi connectivity index (χ4v) is 0. The molecule has 0 heterocycles. The van der Waals surface area contributed by atoms with Crippen LogP contribution in [0.5, 0.6) is 0 Å². The standard InChI is InChI=1S/C2HCl3O.K.H/c3-2(4,5)1-6;;/h1H;;. The topological polar surface area (TPSA) is 17.1 Å². The maximum atomic E-state index is 9.43. The molecule has 0 aliphatic carbocycles. The van der Waals surface area contributed by atoms with Gasteiger partial charge in [0.2, 0.25) is 3.79 Å². The Bertz CT molecular complexity index is 58.4. The predicted octanol–water partition coefficient (Wildman–Crippen LogP) is 0.907. The van der Waals surface area contributed by atoms with Crippen LogP contribution < -0.4 is 0 Å². The van der Waals surface area contributed by atoms with E-state index in [2.05, 4.69) is 0 Å². The molecule has 0 aromatic carbocycles. The number of hydrogen-bond donors (Lipinski definition) is 0. The van der Waals surface area contributed by atoms with Crippen LogP contribution >= 0.6 is 34.8 Å². The molecule has 0 aliphatic rings. The number of alkyl halides is 3. The molecule has 0 unspecified atom stereocenters. The van der Waals surface area contributed by atoms with Crippen LogP contribution in [0.1, 0.15) is 0 Å². The van der Waals surface area contributed by atoms with Crippen molar-refractivity contribution < 1.29 is 4.79 Å². The Hall–Kier alpha value is 2.18. The first-order valence-electron chi connectivity index (χ1n) is 1.09. The molecule has 0 fully saturated rings. The number of carbonyl (C=O) groups is 1. The van der Waals surface area contributed by atoms with E-state index in [-0.39, 0.29) is 57.7 Å². The monoisotopic (exact) mass is 186 g/mol. The van der Waals surface area contributed by atoms with Crippen molar-refractivity contribution in [1.82, 2.24) is 0 Å². The molecule has 0 aliphatic heterocycles.